The van der Waals surface area contributed by atoms with Crippen LogP contribution in [0.5, 0.6) is 11.5 Å². The van der Waals surface area contributed by atoms with E-state index in [1.807, 2.05) is 6.92 Å². The van der Waals surface area contributed by atoms with Crippen LogP contribution in [0.3, 0.4) is 0 Å². The minimum absolute atomic E-state index is 0.0795. The van der Waals surface area contributed by atoms with Gasteiger partial charge in [-0.3, -0.25) is 14.4 Å². The molecule has 1 heterocycles. The summed E-state index contributed by atoms with van der Waals surface area (Å²) in [7, 11) is 0. The molecule has 0 radical (unpaired) electrons. The Hall–Kier alpha value is -3.59. The van der Waals surface area contributed by atoms with Crippen LogP contribution in [-0.4, -0.2) is 36.6 Å². The van der Waals surface area contributed by atoms with Crippen LogP contribution in [0.1, 0.15) is 18.9 Å². The maximum Gasteiger partial charge on any atom is 0.329 e. The molecule has 3 N–H and O–H groups in total. The number of nitrogens with one attached hydrogen (secondary N) is 3. The number of benzene rings is 2. The summed E-state index contributed by atoms with van der Waals surface area (Å²) in [5.41, 5.74) is 4.21. The number of nitrogens with zero attached hydrogens (tertiary/aromatic N) is 1. The van der Waals surface area contributed by atoms with Crippen LogP contribution < -0.4 is 25.5 Å². The van der Waals surface area contributed by atoms with Crippen molar-refractivity contribution in [3.05, 3.63) is 47.0 Å². The molecule has 0 fully saturated rings. The number of hydrogen-bond acceptors (Lipinski definition) is 6. The van der Waals surface area contributed by atoms with E-state index < -0.39 is 11.8 Å². The van der Waals surface area contributed by atoms with Gasteiger partial charge >= 0.3 is 11.8 Å². The van der Waals surface area contributed by atoms with E-state index >= 15 is 0 Å². The molecule has 0 spiro atoms. The van der Waals surface area contributed by atoms with E-state index in [9.17, 15) is 14.4 Å². The zero-order valence-electron chi connectivity index (χ0n) is 17.0. The first-order valence-electron chi connectivity index (χ1n) is 9.42. The number of ether oxygens (including phenoxy) is 2. The van der Waals surface area contributed by atoms with Crippen molar-refractivity contribution in [2.45, 2.75) is 20.3 Å². The summed E-state index contributed by atoms with van der Waals surface area (Å²) >= 11 is 6.00. The number of anilines is 2. The van der Waals surface area contributed by atoms with Gasteiger partial charge in [0.15, 0.2) is 11.5 Å². The van der Waals surface area contributed by atoms with Crippen LogP contribution >= 0.6 is 11.6 Å². The minimum Gasteiger partial charge on any atom is -0.486 e. The van der Waals surface area contributed by atoms with Gasteiger partial charge in [-0.15, -0.1) is 0 Å². The Kier molecular flexibility index (Phi) is 7.09. The van der Waals surface area contributed by atoms with Crippen LogP contribution in [0.25, 0.3) is 0 Å². The van der Waals surface area contributed by atoms with Crippen LogP contribution in [-0.2, 0) is 14.4 Å². The van der Waals surface area contributed by atoms with Gasteiger partial charge in [0, 0.05) is 28.2 Å². The van der Waals surface area contributed by atoms with Crippen molar-refractivity contribution < 1.29 is 23.9 Å². The number of carbonyl (C=O) groups is 3. The maximum absolute atomic E-state index is 12.2. The van der Waals surface area contributed by atoms with E-state index in [-0.39, 0.29) is 12.3 Å². The lowest BCUT2D eigenvalue weighted by atomic mass is 10.2. The van der Waals surface area contributed by atoms with Gasteiger partial charge in [0.1, 0.15) is 13.2 Å². The second kappa shape index (κ2) is 9.94. The molecule has 9 nitrogen and oxygen atoms in total. The first-order chi connectivity index (χ1) is 14.8. The first-order valence-corrected chi connectivity index (χ1v) is 9.80. The summed E-state index contributed by atoms with van der Waals surface area (Å²) in [6.07, 6.45) is -0.0795. The van der Waals surface area contributed by atoms with E-state index in [2.05, 4.69) is 21.2 Å². The van der Waals surface area contributed by atoms with Crippen molar-refractivity contribution in [2.75, 3.05) is 23.8 Å². The zero-order valence-corrected chi connectivity index (χ0v) is 17.7. The Labute approximate surface area is 183 Å². The summed E-state index contributed by atoms with van der Waals surface area (Å²) in [6, 6.07) is 9.97. The Morgan fingerprint density at radius 1 is 0.968 bits per heavy atom. The minimum atomic E-state index is -0.969. The molecule has 3 rings (SSSR count). The number of hydrazone groups is 1. The maximum atomic E-state index is 12.2. The fourth-order valence-electron chi connectivity index (χ4n) is 2.65. The predicted octanol–water partition coefficient (Wildman–Crippen LogP) is 2.88. The quantitative estimate of drug-likeness (QED) is 0.372. The molecule has 0 unspecified atom stereocenters. The van der Waals surface area contributed by atoms with Gasteiger partial charge in [-0.1, -0.05) is 17.7 Å². The highest BCUT2D eigenvalue weighted by molar-refractivity contribution is 6.40. The molecule has 1 aliphatic heterocycles. The predicted molar refractivity (Wildman–Crippen MR) is 117 cm³/mol. The van der Waals surface area contributed by atoms with Crippen molar-refractivity contribution in [1.29, 1.82) is 0 Å². The molecule has 3 amide bonds. The van der Waals surface area contributed by atoms with E-state index in [1.54, 1.807) is 43.3 Å². The van der Waals surface area contributed by atoms with Crippen molar-refractivity contribution in [1.82, 2.24) is 5.43 Å². The highest BCUT2D eigenvalue weighted by Crippen LogP contribution is 2.32. The number of carbonyl (C=O) groups excluding carboxylic acids is 3. The molecule has 10 heteroatoms. The number of fused-ring (bicyclic) bond motifs is 1. The van der Waals surface area contributed by atoms with Crippen LogP contribution in [0.2, 0.25) is 5.02 Å². The first kappa shape index (κ1) is 22.1. The topological polar surface area (TPSA) is 118 Å². The van der Waals surface area contributed by atoms with Gasteiger partial charge in [0.05, 0.1) is 6.42 Å². The highest BCUT2D eigenvalue weighted by Gasteiger charge is 2.15. The lowest BCUT2D eigenvalue weighted by Crippen LogP contribution is -2.33. The molecule has 162 valence electrons. The molecule has 0 bridgehead atoms. The molecule has 2 aromatic carbocycles. The molecular weight excluding hydrogens is 424 g/mol. The summed E-state index contributed by atoms with van der Waals surface area (Å²) in [5.74, 6) is -1.04. The Morgan fingerprint density at radius 2 is 1.65 bits per heavy atom. The summed E-state index contributed by atoms with van der Waals surface area (Å²) < 4.78 is 10.9. The summed E-state index contributed by atoms with van der Waals surface area (Å²) in [4.78, 5) is 36.1. The Balaban J connectivity index is 1.49. The van der Waals surface area contributed by atoms with Crippen LogP contribution in [0, 0.1) is 6.92 Å². The number of rotatable bonds is 5. The second-order valence-corrected chi connectivity index (χ2v) is 7.20. The molecule has 0 aromatic heterocycles. The van der Waals surface area contributed by atoms with Gasteiger partial charge in [0.25, 0.3) is 0 Å². The molecule has 1 aliphatic rings. The summed E-state index contributed by atoms with van der Waals surface area (Å²) in [6.45, 7) is 4.31. The second-order valence-electron chi connectivity index (χ2n) is 6.79. The van der Waals surface area contributed by atoms with E-state index in [0.29, 0.717) is 46.8 Å². The largest absolute Gasteiger partial charge is 0.486 e. The van der Waals surface area contributed by atoms with Gasteiger partial charge in [-0.25, -0.2) is 5.43 Å². The van der Waals surface area contributed by atoms with Crippen LogP contribution in [0.4, 0.5) is 11.4 Å². The Bertz CT molecular complexity index is 1050. The number of hydrogen-bond donors (Lipinski definition) is 3. The third-order valence-corrected chi connectivity index (χ3v) is 4.63. The highest BCUT2D eigenvalue weighted by atomic mass is 35.5. The molecule has 0 saturated heterocycles. The van der Waals surface area contributed by atoms with Crippen molar-refractivity contribution >= 4 is 46.4 Å². The molecule has 0 atom stereocenters. The van der Waals surface area contributed by atoms with Gasteiger partial charge in [-0.05, 0) is 43.7 Å². The fraction of sp³-hybridized carbons (Fsp3) is 0.238. The number of amides is 3. The fourth-order valence-corrected chi connectivity index (χ4v) is 2.83. The normalized spacial score (nSPS) is 12.7. The zero-order chi connectivity index (χ0) is 22.4. The summed E-state index contributed by atoms with van der Waals surface area (Å²) in [5, 5.41) is 9.41. The van der Waals surface area contributed by atoms with E-state index in [0.717, 1.165) is 5.56 Å². The van der Waals surface area contributed by atoms with Crippen molar-refractivity contribution in [3.8, 4) is 11.5 Å². The molecule has 31 heavy (non-hydrogen) atoms. The van der Waals surface area contributed by atoms with Gasteiger partial charge in [-0.2, -0.15) is 5.10 Å². The third kappa shape index (κ3) is 6.19. The molecule has 0 saturated carbocycles. The SMILES string of the molecule is CC(CC(=O)Nc1ccc2c(c1)OCCO2)=NNC(=O)C(=O)Nc1ccc(C)c(Cl)c1. The number of aryl methyl sites for hydroxylation is 1. The van der Waals surface area contributed by atoms with Gasteiger partial charge < -0.3 is 20.1 Å². The van der Waals surface area contributed by atoms with Crippen LogP contribution in [0.15, 0.2) is 41.5 Å². The van der Waals surface area contributed by atoms with Crippen molar-refractivity contribution in [2.24, 2.45) is 5.10 Å². The lowest BCUT2D eigenvalue weighted by molar-refractivity contribution is -0.136. The van der Waals surface area contributed by atoms with E-state index in [4.69, 9.17) is 21.1 Å². The molecule has 0 aliphatic carbocycles. The average Bonchev–Trinajstić information content (AvgIpc) is 2.74. The molecular formula is C21H21ClN4O5. The molecule has 2 aromatic rings. The third-order valence-electron chi connectivity index (χ3n) is 4.23. The van der Waals surface area contributed by atoms with E-state index in [1.165, 1.54) is 0 Å². The lowest BCUT2D eigenvalue weighted by Gasteiger charge is -2.19. The van der Waals surface area contributed by atoms with Gasteiger partial charge in [0.2, 0.25) is 5.91 Å². The monoisotopic (exact) mass is 444 g/mol. The standard InChI is InChI=1S/C21H21ClN4O5/c1-12-3-4-14(10-16(12)22)24-20(28)21(29)26-25-13(2)9-19(27)23-15-5-6-17-18(11-15)31-8-7-30-17/h3-6,10-11H,7-9H2,1-2H3,(H,23,27)(H,24,28)(H,26,29). The smallest absolute Gasteiger partial charge is 0.329 e. The number of halogens is 1. The average molecular weight is 445 g/mol. The Morgan fingerprint density at radius 3 is 2.39 bits per heavy atom. The van der Waals surface area contributed by atoms with Crippen molar-refractivity contribution in [3.63, 3.8) is 0 Å².